The van der Waals surface area contributed by atoms with Crippen molar-refractivity contribution in [2.45, 2.75) is 52.4 Å². The number of hydrogen-bond acceptors (Lipinski definition) is 6. The van der Waals surface area contributed by atoms with Gasteiger partial charge in [-0.1, -0.05) is 38.2 Å². The van der Waals surface area contributed by atoms with Crippen LogP contribution in [0.5, 0.6) is 11.5 Å². The molecule has 0 radical (unpaired) electrons. The number of carbonyl (C=O) groups excluding carboxylic acids is 1. The van der Waals surface area contributed by atoms with Crippen LogP contribution in [0.1, 0.15) is 51.0 Å². The van der Waals surface area contributed by atoms with E-state index in [-0.39, 0.29) is 11.8 Å². The first-order chi connectivity index (χ1) is 17.1. The average Bonchev–Trinajstić information content (AvgIpc) is 3.51. The van der Waals surface area contributed by atoms with Gasteiger partial charge in [-0.2, -0.15) is 5.21 Å². The molecule has 2 atom stereocenters. The summed E-state index contributed by atoms with van der Waals surface area (Å²) in [4.78, 5) is 13.1. The molecule has 2 aliphatic rings. The predicted molar refractivity (Wildman–Crippen MR) is 134 cm³/mol. The van der Waals surface area contributed by atoms with Crippen molar-refractivity contribution in [3.8, 4) is 34.0 Å². The first-order valence-electron chi connectivity index (χ1n) is 12.6. The topological polar surface area (TPSA) is 102 Å². The largest absolute Gasteiger partial charge is 0.493 e. The van der Waals surface area contributed by atoms with Gasteiger partial charge in [0.15, 0.2) is 11.5 Å². The first-order valence-corrected chi connectivity index (χ1v) is 12.6. The lowest BCUT2D eigenvalue weighted by Crippen LogP contribution is -2.18. The molecule has 2 N–H and O–H groups in total. The highest BCUT2D eigenvalue weighted by molar-refractivity contribution is 5.97. The number of tetrazole rings is 1. The van der Waals surface area contributed by atoms with Crippen molar-refractivity contribution in [3.63, 3.8) is 0 Å². The van der Waals surface area contributed by atoms with Gasteiger partial charge in [0.1, 0.15) is 0 Å². The van der Waals surface area contributed by atoms with Crippen molar-refractivity contribution >= 4 is 11.6 Å². The number of rotatable bonds is 8. The third-order valence-electron chi connectivity index (χ3n) is 7.42. The Morgan fingerprint density at radius 2 is 1.94 bits per heavy atom. The Balaban J connectivity index is 1.43. The fourth-order valence-electron chi connectivity index (χ4n) is 5.48. The Morgan fingerprint density at radius 1 is 1.11 bits per heavy atom. The number of aryl methyl sites for hydroxylation is 1. The summed E-state index contributed by atoms with van der Waals surface area (Å²) in [6, 6.07) is 9.85. The number of nitrogens with one attached hydrogen (secondary N) is 2. The zero-order valence-corrected chi connectivity index (χ0v) is 20.6. The van der Waals surface area contributed by atoms with Gasteiger partial charge in [0.2, 0.25) is 11.7 Å². The molecule has 8 nitrogen and oxygen atoms in total. The Hall–Kier alpha value is -3.42. The lowest BCUT2D eigenvalue weighted by Gasteiger charge is -2.21. The van der Waals surface area contributed by atoms with E-state index in [0.29, 0.717) is 35.8 Å². The fraction of sp³-hybridized carbons (Fsp3) is 0.481. The Labute approximate surface area is 205 Å². The van der Waals surface area contributed by atoms with E-state index in [1.54, 1.807) is 7.11 Å². The summed E-state index contributed by atoms with van der Waals surface area (Å²) in [5.41, 5.74) is 4.40. The van der Waals surface area contributed by atoms with E-state index < -0.39 is 0 Å². The SMILES string of the molecule is CCOc1ccc(-c2cc(C)c(NC(=O)C3CC3C3CCCCC3)cc2-c2nn[nH]n2)cc1OC. The summed E-state index contributed by atoms with van der Waals surface area (Å²) < 4.78 is 11.2. The molecule has 5 rings (SSSR count). The number of benzene rings is 2. The quantitative estimate of drug-likeness (QED) is 0.452. The van der Waals surface area contributed by atoms with E-state index in [1.165, 1.54) is 32.1 Å². The molecule has 1 aromatic heterocycles. The zero-order chi connectivity index (χ0) is 24.4. The third-order valence-corrected chi connectivity index (χ3v) is 7.42. The maximum atomic E-state index is 13.1. The molecule has 0 bridgehead atoms. The lowest BCUT2D eigenvalue weighted by atomic mass is 9.85. The minimum Gasteiger partial charge on any atom is -0.493 e. The van der Waals surface area contributed by atoms with Crippen LogP contribution in [0.4, 0.5) is 5.69 Å². The van der Waals surface area contributed by atoms with Crippen LogP contribution in [-0.2, 0) is 4.79 Å². The van der Waals surface area contributed by atoms with Gasteiger partial charge in [-0.25, -0.2) is 0 Å². The molecule has 2 saturated carbocycles. The van der Waals surface area contributed by atoms with Crippen LogP contribution < -0.4 is 14.8 Å². The van der Waals surface area contributed by atoms with Gasteiger partial charge < -0.3 is 14.8 Å². The normalized spacial score (nSPS) is 19.9. The fourth-order valence-corrected chi connectivity index (χ4v) is 5.48. The Kier molecular flexibility index (Phi) is 6.70. The number of carbonyl (C=O) groups is 1. The number of hydrogen-bond donors (Lipinski definition) is 2. The number of aromatic amines is 1. The zero-order valence-electron chi connectivity index (χ0n) is 20.6. The van der Waals surface area contributed by atoms with Gasteiger partial charge in [0.05, 0.1) is 13.7 Å². The molecule has 1 heterocycles. The van der Waals surface area contributed by atoms with Crippen molar-refractivity contribution in [2.24, 2.45) is 17.8 Å². The van der Waals surface area contributed by atoms with E-state index >= 15 is 0 Å². The second-order valence-electron chi connectivity index (χ2n) is 9.64. The van der Waals surface area contributed by atoms with E-state index in [4.69, 9.17) is 9.47 Å². The molecule has 8 heteroatoms. The number of aromatic nitrogens is 4. The van der Waals surface area contributed by atoms with Crippen LogP contribution in [0.2, 0.25) is 0 Å². The highest BCUT2D eigenvalue weighted by atomic mass is 16.5. The number of anilines is 1. The molecule has 2 fully saturated rings. The molecule has 0 spiro atoms. The summed E-state index contributed by atoms with van der Waals surface area (Å²) >= 11 is 0. The molecule has 0 saturated heterocycles. The number of nitrogens with zero attached hydrogens (tertiary/aromatic N) is 3. The van der Waals surface area contributed by atoms with Gasteiger partial charge in [-0.3, -0.25) is 4.79 Å². The third kappa shape index (κ3) is 4.88. The van der Waals surface area contributed by atoms with Crippen LogP contribution in [0.3, 0.4) is 0 Å². The van der Waals surface area contributed by atoms with E-state index in [9.17, 15) is 4.79 Å². The number of H-pyrrole nitrogens is 1. The van der Waals surface area contributed by atoms with Crippen LogP contribution >= 0.6 is 0 Å². The summed E-state index contributed by atoms with van der Waals surface area (Å²) in [6.45, 7) is 4.51. The predicted octanol–water partition coefficient (Wildman–Crippen LogP) is 5.40. The summed E-state index contributed by atoms with van der Waals surface area (Å²) in [5.74, 6) is 3.32. The van der Waals surface area contributed by atoms with Crippen molar-refractivity contribution < 1.29 is 14.3 Å². The van der Waals surface area contributed by atoms with Gasteiger partial charge >= 0.3 is 0 Å². The van der Waals surface area contributed by atoms with Crippen LogP contribution in [-0.4, -0.2) is 40.2 Å². The highest BCUT2D eigenvalue weighted by Gasteiger charge is 2.47. The highest BCUT2D eigenvalue weighted by Crippen LogP contribution is 2.50. The van der Waals surface area contributed by atoms with E-state index in [2.05, 4.69) is 32.0 Å². The lowest BCUT2D eigenvalue weighted by molar-refractivity contribution is -0.117. The minimum absolute atomic E-state index is 0.123. The van der Waals surface area contributed by atoms with Crippen molar-refractivity contribution in [2.75, 3.05) is 19.0 Å². The number of methoxy groups -OCH3 is 1. The van der Waals surface area contributed by atoms with Gasteiger partial charge in [0.25, 0.3) is 0 Å². The van der Waals surface area contributed by atoms with Crippen molar-refractivity contribution in [3.05, 3.63) is 35.9 Å². The van der Waals surface area contributed by atoms with Gasteiger partial charge in [0, 0.05) is 17.2 Å². The van der Waals surface area contributed by atoms with Crippen LogP contribution in [0, 0.1) is 24.7 Å². The molecule has 2 unspecified atom stereocenters. The van der Waals surface area contributed by atoms with Gasteiger partial charge in [-0.15, -0.1) is 10.2 Å². The molecule has 3 aromatic rings. The number of ether oxygens (including phenoxy) is 2. The molecule has 2 aliphatic carbocycles. The van der Waals surface area contributed by atoms with E-state index in [1.807, 2.05) is 38.1 Å². The van der Waals surface area contributed by atoms with Crippen LogP contribution in [0.15, 0.2) is 30.3 Å². The number of amides is 1. The standard InChI is InChI=1S/C27H33N5O3/c1-4-35-24-11-10-18(13-25(24)34-3)19-12-16(2)23(15-21(19)26-29-31-32-30-26)28-27(33)22-14-20(22)17-8-6-5-7-9-17/h10-13,15,17,20,22H,4-9,14H2,1-3H3,(H,28,33)(H,29,30,31,32). The monoisotopic (exact) mass is 475 g/mol. The average molecular weight is 476 g/mol. The maximum Gasteiger partial charge on any atom is 0.227 e. The van der Waals surface area contributed by atoms with Gasteiger partial charge in [-0.05, 0) is 78.3 Å². The van der Waals surface area contributed by atoms with Crippen molar-refractivity contribution in [1.82, 2.24) is 20.6 Å². The summed E-state index contributed by atoms with van der Waals surface area (Å²) in [5, 5.41) is 17.9. The molecular formula is C27H33N5O3. The Bertz CT molecular complexity index is 1190. The molecular weight excluding hydrogens is 442 g/mol. The molecule has 35 heavy (non-hydrogen) atoms. The first kappa shape index (κ1) is 23.3. The van der Waals surface area contributed by atoms with E-state index in [0.717, 1.165) is 34.4 Å². The second kappa shape index (κ2) is 10.1. The Morgan fingerprint density at radius 3 is 2.66 bits per heavy atom. The van der Waals surface area contributed by atoms with Crippen LogP contribution in [0.25, 0.3) is 22.5 Å². The van der Waals surface area contributed by atoms with Crippen molar-refractivity contribution in [1.29, 1.82) is 0 Å². The summed E-state index contributed by atoms with van der Waals surface area (Å²) in [7, 11) is 1.63. The molecule has 0 aliphatic heterocycles. The maximum absolute atomic E-state index is 13.1. The molecule has 1 amide bonds. The molecule has 2 aromatic carbocycles. The molecule has 184 valence electrons. The second-order valence-corrected chi connectivity index (χ2v) is 9.64. The summed E-state index contributed by atoms with van der Waals surface area (Å²) in [6.07, 6.45) is 7.51. The smallest absolute Gasteiger partial charge is 0.227 e. The minimum atomic E-state index is 0.123.